The van der Waals surface area contributed by atoms with Crippen LogP contribution in [-0.2, 0) is 12.7 Å². The number of halogens is 4. The molecule has 0 amide bonds. The first kappa shape index (κ1) is 11.2. The lowest BCUT2D eigenvalue weighted by molar-refractivity contribution is -0.137. The third-order valence-electron chi connectivity index (χ3n) is 2.87. The molecule has 0 spiro atoms. The molecule has 94 valence electrons. The van der Waals surface area contributed by atoms with Crippen LogP contribution in [0.3, 0.4) is 0 Å². The van der Waals surface area contributed by atoms with E-state index < -0.39 is 17.6 Å². The topological polar surface area (TPSA) is 30.2 Å². The number of aromatic nitrogens is 2. The van der Waals surface area contributed by atoms with Gasteiger partial charge in [0.2, 0.25) is 0 Å². The van der Waals surface area contributed by atoms with E-state index in [1.54, 1.807) is 0 Å². The molecule has 2 aromatic heterocycles. The van der Waals surface area contributed by atoms with Crippen LogP contribution in [0, 0.1) is 5.82 Å². The molecule has 2 aromatic rings. The Balaban J connectivity index is 2.30. The summed E-state index contributed by atoms with van der Waals surface area (Å²) in [5.74, 6) is -0.702. The number of hydrogen-bond donors (Lipinski definition) is 0. The number of aliphatic imine (C=N–C) groups is 1. The number of fused-ring (bicyclic) bond motifs is 3. The molecule has 0 saturated heterocycles. The molecule has 3 nitrogen and oxygen atoms in total. The maximum absolute atomic E-state index is 14.0. The van der Waals surface area contributed by atoms with Crippen molar-refractivity contribution in [3.63, 3.8) is 0 Å². The van der Waals surface area contributed by atoms with E-state index in [9.17, 15) is 17.6 Å². The Morgan fingerprint density at radius 3 is 2.78 bits per heavy atom. The lowest BCUT2D eigenvalue weighted by Crippen LogP contribution is -2.11. The van der Waals surface area contributed by atoms with Crippen LogP contribution in [0.5, 0.6) is 0 Å². The van der Waals surface area contributed by atoms with E-state index in [1.807, 2.05) is 0 Å². The molecule has 0 atom stereocenters. The average molecular weight is 257 g/mol. The standard InChI is InChI=1S/C11H7F4N3/c12-9-7-3-6(11(13,14)15)4-17-10(7)18-2-1-16-5-8(9)18/h3-5H,1-2H2. The summed E-state index contributed by atoms with van der Waals surface area (Å²) in [6, 6.07) is 0.789. The average Bonchev–Trinajstić information content (AvgIpc) is 2.63. The Kier molecular flexibility index (Phi) is 2.20. The molecule has 1 aliphatic heterocycles. The van der Waals surface area contributed by atoms with E-state index in [1.165, 1.54) is 10.8 Å². The third-order valence-corrected chi connectivity index (χ3v) is 2.87. The molecule has 0 aromatic carbocycles. The van der Waals surface area contributed by atoms with Crippen LogP contribution in [-0.4, -0.2) is 22.3 Å². The minimum absolute atomic E-state index is 0.117. The van der Waals surface area contributed by atoms with Crippen molar-refractivity contribution in [2.75, 3.05) is 6.54 Å². The summed E-state index contributed by atoms with van der Waals surface area (Å²) in [6.45, 7) is 0.892. The smallest absolute Gasteiger partial charge is 0.320 e. The molecule has 7 heteroatoms. The predicted molar refractivity (Wildman–Crippen MR) is 57.2 cm³/mol. The predicted octanol–water partition coefficient (Wildman–Crippen LogP) is 2.63. The van der Waals surface area contributed by atoms with E-state index in [0.717, 1.165) is 12.3 Å². The van der Waals surface area contributed by atoms with Gasteiger partial charge in [-0.05, 0) is 6.07 Å². The highest BCUT2D eigenvalue weighted by molar-refractivity contribution is 5.90. The molecular formula is C11H7F4N3. The van der Waals surface area contributed by atoms with Crippen LogP contribution < -0.4 is 0 Å². The first-order chi connectivity index (χ1) is 8.48. The molecule has 0 unspecified atom stereocenters. The van der Waals surface area contributed by atoms with Gasteiger partial charge in [-0.3, -0.25) is 4.99 Å². The van der Waals surface area contributed by atoms with Crippen molar-refractivity contribution in [3.8, 4) is 0 Å². The van der Waals surface area contributed by atoms with Crippen molar-refractivity contribution in [1.29, 1.82) is 0 Å². The quantitative estimate of drug-likeness (QED) is 0.667. The van der Waals surface area contributed by atoms with Gasteiger partial charge in [-0.15, -0.1) is 0 Å². The highest BCUT2D eigenvalue weighted by Gasteiger charge is 2.32. The fourth-order valence-electron chi connectivity index (χ4n) is 2.02. The maximum Gasteiger partial charge on any atom is 0.417 e. The van der Waals surface area contributed by atoms with Gasteiger partial charge in [-0.1, -0.05) is 0 Å². The van der Waals surface area contributed by atoms with Crippen molar-refractivity contribution < 1.29 is 17.6 Å². The fourth-order valence-corrected chi connectivity index (χ4v) is 2.02. The fraction of sp³-hybridized carbons (Fsp3) is 0.273. The Bertz CT molecular complexity index is 654. The van der Waals surface area contributed by atoms with E-state index in [4.69, 9.17) is 0 Å². The normalized spacial score (nSPS) is 15.1. The SMILES string of the molecule is Fc1c2n(c3ncc(C(F)(F)F)cc13)CCN=C2. The summed E-state index contributed by atoms with van der Waals surface area (Å²) in [7, 11) is 0. The van der Waals surface area contributed by atoms with Crippen LogP contribution >= 0.6 is 0 Å². The van der Waals surface area contributed by atoms with E-state index in [0.29, 0.717) is 13.1 Å². The maximum atomic E-state index is 14.0. The van der Waals surface area contributed by atoms with E-state index >= 15 is 0 Å². The van der Waals surface area contributed by atoms with Crippen LogP contribution in [0.15, 0.2) is 17.3 Å². The molecule has 0 fully saturated rings. The van der Waals surface area contributed by atoms with Crippen LogP contribution in [0.1, 0.15) is 11.3 Å². The van der Waals surface area contributed by atoms with Gasteiger partial charge in [-0.25, -0.2) is 9.37 Å². The zero-order valence-corrected chi connectivity index (χ0v) is 9.00. The Labute approximate surface area is 98.8 Å². The van der Waals surface area contributed by atoms with Crippen molar-refractivity contribution in [1.82, 2.24) is 9.55 Å². The van der Waals surface area contributed by atoms with Crippen molar-refractivity contribution >= 4 is 17.2 Å². The van der Waals surface area contributed by atoms with E-state index in [-0.39, 0.29) is 16.7 Å². The summed E-state index contributed by atoms with van der Waals surface area (Å²) in [5, 5.41) is -0.117. The third kappa shape index (κ3) is 1.50. The minimum atomic E-state index is -4.52. The van der Waals surface area contributed by atoms with Gasteiger partial charge in [0.05, 0.1) is 23.2 Å². The molecule has 3 rings (SSSR count). The first-order valence-electron chi connectivity index (χ1n) is 5.23. The summed E-state index contributed by atoms with van der Waals surface area (Å²) in [6.07, 6.45) is -2.47. The number of pyridine rings is 1. The van der Waals surface area contributed by atoms with Crippen LogP contribution in [0.2, 0.25) is 0 Å². The number of alkyl halides is 3. The van der Waals surface area contributed by atoms with Crippen LogP contribution in [0.4, 0.5) is 17.6 Å². The van der Waals surface area contributed by atoms with Gasteiger partial charge >= 0.3 is 6.18 Å². The van der Waals surface area contributed by atoms with Gasteiger partial charge in [-0.2, -0.15) is 13.2 Å². The Hall–Kier alpha value is -1.92. The number of nitrogens with zero attached hydrogens (tertiary/aromatic N) is 3. The summed E-state index contributed by atoms with van der Waals surface area (Å²) in [5.41, 5.74) is -0.543. The lowest BCUT2D eigenvalue weighted by atomic mass is 10.2. The second-order valence-corrected chi connectivity index (χ2v) is 3.98. The van der Waals surface area contributed by atoms with Gasteiger partial charge < -0.3 is 4.57 Å². The molecule has 3 heterocycles. The highest BCUT2D eigenvalue weighted by atomic mass is 19.4. The van der Waals surface area contributed by atoms with E-state index in [2.05, 4.69) is 9.98 Å². The monoisotopic (exact) mass is 257 g/mol. The van der Waals surface area contributed by atoms with Crippen molar-refractivity contribution in [2.24, 2.45) is 4.99 Å². The first-order valence-corrected chi connectivity index (χ1v) is 5.23. The van der Waals surface area contributed by atoms with Gasteiger partial charge in [0.25, 0.3) is 0 Å². The van der Waals surface area contributed by atoms with Crippen molar-refractivity contribution in [3.05, 3.63) is 29.3 Å². The lowest BCUT2D eigenvalue weighted by Gasteiger charge is -2.09. The zero-order valence-electron chi connectivity index (χ0n) is 9.00. The highest BCUT2D eigenvalue weighted by Crippen LogP contribution is 2.32. The minimum Gasteiger partial charge on any atom is -0.320 e. The number of hydrogen-bond acceptors (Lipinski definition) is 2. The zero-order chi connectivity index (χ0) is 12.9. The largest absolute Gasteiger partial charge is 0.417 e. The molecular weight excluding hydrogens is 250 g/mol. The second-order valence-electron chi connectivity index (χ2n) is 3.98. The van der Waals surface area contributed by atoms with Crippen LogP contribution in [0.25, 0.3) is 11.0 Å². The van der Waals surface area contributed by atoms with Gasteiger partial charge in [0, 0.05) is 19.0 Å². The Morgan fingerprint density at radius 1 is 1.28 bits per heavy atom. The Morgan fingerprint density at radius 2 is 2.06 bits per heavy atom. The van der Waals surface area contributed by atoms with Crippen molar-refractivity contribution in [2.45, 2.75) is 12.7 Å². The van der Waals surface area contributed by atoms with Gasteiger partial charge in [0.15, 0.2) is 5.82 Å². The molecule has 1 aliphatic rings. The summed E-state index contributed by atoms with van der Waals surface area (Å²) in [4.78, 5) is 7.63. The second kappa shape index (κ2) is 3.54. The summed E-state index contributed by atoms with van der Waals surface area (Å²) < 4.78 is 53.1. The van der Waals surface area contributed by atoms with Gasteiger partial charge in [0.1, 0.15) is 5.65 Å². The molecule has 0 aliphatic carbocycles. The molecule has 0 bridgehead atoms. The summed E-state index contributed by atoms with van der Waals surface area (Å²) >= 11 is 0. The molecule has 0 radical (unpaired) electrons. The number of rotatable bonds is 0. The molecule has 0 saturated carbocycles. The molecule has 0 N–H and O–H groups in total. The molecule has 18 heavy (non-hydrogen) atoms.